The highest BCUT2D eigenvalue weighted by Gasteiger charge is 2.19. The molecule has 0 spiro atoms. The Balaban J connectivity index is 2.34. The molecule has 0 radical (unpaired) electrons. The number of likely N-dealkylation sites (N-methyl/N-ethyl adjacent to an activating group) is 1. The maximum atomic E-state index is 11.7. The first kappa shape index (κ1) is 13.9. The van der Waals surface area contributed by atoms with E-state index >= 15 is 0 Å². The van der Waals surface area contributed by atoms with Gasteiger partial charge in [-0.2, -0.15) is 0 Å². The number of rotatable bonds is 6. The third kappa shape index (κ3) is 4.34. The van der Waals surface area contributed by atoms with Gasteiger partial charge in [-0.3, -0.25) is 4.90 Å². The molecule has 0 aromatic carbocycles. The predicted octanol–water partition coefficient (Wildman–Crippen LogP) is -1.85. The highest BCUT2D eigenvalue weighted by Crippen LogP contribution is 2.00. The van der Waals surface area contributed by atoms with Gasteiger partial charge in [-0.05, 0) is 0 Å². The summed E-state index contributed by atoms with van der Waals surface area (Å²) in [5, 5.41) is 11.9. The molecule has 0 amide bonds. The molecule has 1 heterocycles. The van der Waals surface area contributed by atoms with E-state index in [1.165, 1.54) is 11.4 Å². The fraction of sp³-hybridized carbons (Fsp3) is 1.00. The van der Waals surface area contributed by atoms with Crippen LogP contribution in [0.5, 0.6) is 0 Å². The minimum atomic E-state index is -3.21. The third-order valence-electron chi connectivity index (χ3n) is 2.76. The maximum absolute atomic E-state index is 11.7. The molecule has 0 unspecified atom stereocenters. The molecule has 0 saturated carbocycles. The average Bonchev–Trinajstić information content (AvgIpc) is 2.28. The second-order valence-electron chi connectivity index (χ2n) is 3.95. The summed E-state index contributed by atoms with van der Waals surface area (Å²) in [6.07, 6.45) is 0. The molecular weight excluding hydrogens is 230 g/mol. The van der Waals surface area contributed by atoms with Crippen molar-refractivity contribution in [1.82, 2.24) is 14.5 Å². The third-order valence-corrected chi connectivity index (χ3v) is 4.60. The fourth-order valence-electron chi connectivity index (χ4n) is 1.61. The number of nitrogens with zero attached hydrogens (tertiary/aromatic N) is 2. The fourth-order valence-corrected chi connectivity index (χ4v) is 2.78. The first-order valence-electron chi connectivity index (χ1n) is 5.54. The molecule has 0 bridgehead atoms. The Morgan fingerprint density at radius 3 is 2.56 bits per heavy atom. The van der Waals surface area contributed by atoms with Gasteiger partial charge in [0, 0.05) is 46.3 Å². The minimum Gasteiger partial charge on any atom is -0.395 e. The number of sulfonamides is 1. The van der Waals surface area contributed by atoms with Gasteiger partial charge >= 0.3 is 0 Å². The largest absolute Gasteiger partial charge is 0.395 e. The van der Waals surface area contributed by atoms with Gasteiger partial charge in [0.1, 0.15) is 0 Å². The Bertz CT molecular complexity index is 288. The Morgan fingerprint density at radius 2 is 2.00 bits per heavy atom. The van der Waals surface area contributed by atoms with Gasteiger partial charge in [0.15, 0.2) is 0 Å². The summed E-state index contributed by atoms with van der Waals surface area (Å²) < 4.78 is 24.7. The molecule has 1 aliphatic heterocycles. The van der Waals surface area contributed by atoms with Crippen LogP contribution >= 0.6 is 0 Å². The molecule has 6 nitrogen and oxygen atoms in total. The van der Waals surface area contributed by atoms with Crippen molar-refractivity contribution in [3.63, 3.8) is 0 Å². The van der Waals surface area contributed by atoms with Crippen LogP contribution in [0.2, 0.25) is 0 Å². The van der Waals surface area contributed by atoms with Crippen molar-refractivity contribution in [2.75, 3.05) is 58.7 Å². The number of hydrogen-bond donors (Lipinski definition) is 2. The average molecular weight is 251 g/mol. The van der Waals surface area contributed by atoms with E-state index in [1.54, 1.807) is 0 Å². The Morgan fingerprint density at radius 1 is 1.38 bits per heavy atom. The summed E-state index contributed by atoms with van der Waals surface area (Å²) in [6, 6.07) is 0. The van der Waals surface area contributed by atoms with Crippen LogP contribution < -0.4 is 5.32 Å². The van der Waals surface area contributed by atoms with Crippen LogP contribution in [-0.2, 0) is 10.0 Å². The molecule has 1 saturated heterocycles. The number of piperazine rings is 1. The standard InChI is InChI=1S/C9H21N3O3S/c1-11(6-8-13)16(14,15)9-7-12-4-2-10-3-5-12/h10,13H,2-9H2,1H3. The summed E-state index contributed by atoms with van der Waals surface area (Å²) in [5.74, 6) is 0.128. The summed E-state index contributed by atoms with van der Waals surface area (Å²) in [4.78, 5) is 2.14. The van der Waals surface area contributed by atoms with E-state index in [-0.39, 0.29) is 18.9 Å². The Hall–Kier alpha value is -0.210. The highest BCUT2D eigenvalue weighted by molar-refractivity contribution is 7.89. The zero-order valence-corrected chi connectivity index (χ0v) is 10.5. The van der Waals surface area contributed by atoms with Crippen molar-refractivity contribution in [2.24, 2.45) is 0 Å². The molecule has 1 aliphatic rings. The quantitative estimate of drug-likeness (QED) is 0.579. The van der Waals surface area contributed by atoms with Crippen LogP contribution in [0.15, 0.2) is 0 Å². The molecule has 1 fully saturated rings. The highest BCUT2D eigenvalue weighted by atomic mass is 32.2. The van der Waals surface area contributed by atoms with Crippen molar-refractivity contribution >= 4 is 10.0 Å². The number of hydrogen-bond acceptors (Lipinski definition) is 5. The SMILES string of the molecule is CN(CCO)S(=O)(=O)CCN1CCNCC1. The van der Waals surface area contributed by atoms with Crippen molar-refractivity contribution < 1.29 is 13.5 Å². The van der Waals surface area contributed by atoms with Gasteiger partial charge in [0.05, 0.1) is 12.4 Å². The molecule has 0 aromatic rings. The normalized spacial score (nSPS) is 19.2. The summed E-state index contributed by atoms with van der Waals surface area (Å²) in [7, 11) is -1.71. The first-order valence-corrected chi connectivity index (χ1v) is 7.15. The van der Waals surface area contributed by atoms with Gasteiger partial charge < -0.3 is 10.4 Å². The molecule has 1 rings (SSSR count). The monoisotopic (exact) mass is 251 g/mol. The van der Waals surface area contributed by atoms with Crippen LogP contribution in [-0.4, -0.2) is 81.4 Å². The van der Waals surface area contributed by atoms with Crippen LogP contribution in [0, 0.1) is 0 Å². The molecule has 0 aliphatic carbocycles. The topological polar surface area (TPSA) is 72.9 Å². The van der Waals surface area contributed by atoms with Crippen LogP contribution in [0.4, 0.5) is 0 Å². The lowest BCUT2D eigenvalue weighted by Crippen LogP contribution is -2.46. The van der Waals surface area contributed by atoms with E-state index in [2.05, 4.69) is 10.2 Å². The van der Waals surface area contributed by atoms with Gasteiger partial charge in [0.25, 0.3) is 0 Å². The van der Waals surface area contributed by atoms with E-state index < -0.39 is 10.0 Å². The van der Waals surface area contributed by atoms with Gasteiger partial charge in [-0.25, -0.2) is 12.7 Å². The van der Waals surface area contributed by atoms with Gasteiger partial charge in [-0.1, -0.05) is 0 Å². The van der Waals surface area contributed by atoms with Crippen molar-refractivity contribution in [2.45, 2.75) is 0 Å². The van der Waals surface area contributed by atoms with E-state index in [0.29, 0.717) is 6.54 Å². The van der Waals surface area contributed by atoms with Crippen molar-refractivity contribution in [1.29, 1.82) is 0 Å². The lowest BCUT2D eigenvalue weighted by Gasteiger charge is -2.27. The van der Waals surface area contributed by atoms with Crippen molar-refractivity contribution in [3.8, 4) is 0 Å². The maximum Gasteiger partial charge on any atom is 0.215 e. The van der Waals surface area contributed by atoms with Gasteiger partial charge in [0.2, 0.25) is 10.0 Å². The molecule has 2 N–H and O–H groups in total. The predicted molar refractivity (Wildman–Crippen MR) is 62.8 cm³/mol. The summed E-state index contributed by atoms with van der Waals surface area (Å²) >= 11 is 0. The number of nitrogens with one attached hydrogen (secondary N) is 1. The van der Waals surface area contributed by atoms with Crippen LogP contribution in [0.1, 0.15) is 0 Å². The van der Waals surface area contributed by atoms with Gasteiger partial charge in [-0.15, -0.1) is 0 Å². The van der Waals surface area contributed by atoms with E-state index in [9.17, 15) is 8.42 Å². The van der Waals surface area contributed by atoms with E-state index in [4.69, 9.17) is 5.11 Å². The second-order valence-corrected chi connectivity index (χ2v) is 6.15. The minimum absolute atomic E-state index is 0.128. The zero-order valence-electron chi connectivity index (χ0n) is 9.72. The lowest BCUT2D eigenvalue weighted by molar-refractivity contribution is 0.249. The molecule has 0 atom stereocenters. The van der Waals surface area contributed by atoms with Crippen LogP contribution in [0.25, 0.3) is 0 Å². The Labute approximate surface area is 97.3 Å². The Kier molecular flexibility index (Phi) is 5.63. The number of aliphatic hydroxyl groups excluding tert-OH is 1. The number of aliphatic hydroxyl groups is 1. The van der Waals surface area contributed by atoms with Crippen LogP contribution in [0.3, 0.4) is 0 Å². The molecule has 16 heavy (non-hydrogen) atoms. The van der Waals surface area contributed by atoms with E-state index in [1.807, 2.05) is 0 Å². The second kappa shape index (κ2) is 6.51. The molecular formula is C9H21N3O3S. The molecule has 96 valence electrons. The smallest absolute Gasteiger partial charge is 0.215 e. The zero-order chi connectivity index (χ0) is 12.0. The van der Waals surface area contributed by atoms with E-state index in [0.717, 1.165) is 26.2 Å². The summed E-state index contributed by atoms with van der Waals surface area (Å²) in [5.41, 5.74) is 0. The summed E-state index contributed by atoms with van der Waals surface area (Å²) in [6.45, 7) is 4.25. The first-order chi connectivity index (χ1) is 7.56. The molecule has 0 aromatic heterocycles. The van der Waals surface area contributed by atoms with Crippen molar-refractivity contribution in [3.05, 3.63) is 0 Å². The molecule has 7 heteroatoms. The lowest BCUT2D eigenvalue weighted by atomic mass is 10.4.